The van der Waals surface area contributed by atoms with Crippen LogP contribution in [0, 0.1) is 5.82 Å². The summed E-state index contributed by atoms with van der Waals surface area (Å²) in [6.07, 6.45) is 0.502. The fourth-order valence-corrected chi connectivity index (χ4v) is 4.19. The number of benzene rings is 2. The zero-order valence-corrected chi connectivity index (χ0v) is 17.4. The van der Waals surface area contributed by atoms with E-state index in [0.717, 1.165) is 5.56 Å². The van der Waals surface area contributed by atoms with Gasteiger partial charge in [0.15, 0.2) is 0 Å². The summed E-state index contributed by atoms with van der Waals surface area (Å²) in [6, 6.07) is 7.55. The van der Waals surface area contributed by atoms with Gasteiger partial charge in [-0.15, -0.1) is 0 Å². The molecule has 1 fully saturated rings. The summed E-state index contributed by atoms with van der Waals surface area (Å²) in [5.41, 5.74) is 2.65. The van der Waals surface area contributed by atoms with Crippen molar-refractivity contribution in [3.63, 3.8) is 0 Å². The van der Waals surface area contributed by atoms with Crippen molar-refractivity contribution in [3.8, 4) is 0 Å². The van der Waals surface area contributed by atoms with Crippen LogP contribution >= 0.6 is 23.2 Å². The molecule has 0 amide bonds. The highest BCUT2D eigenvalue weighted by molar-refractivity contribution is 6.33. The summed E-state index contributed by atoms with van der Waals surface area (Å²) in [5.74, 6) is -2.97. The average molecular weight is 453 g/mol. The topological polar surface area (TPSA) is 76.7 Å². The molecule has 1 saturated heterocycles. The minimum atomic E-state index is -1.55. The first kappa shape index (κ1) is 20.9. The molecule has 0 aliphatic carbocycles. The molecule has 2 aromatic carbocycles. The van der Waals surface area contributed by atoms with E-state index in [-0.39, 0.29) is 19.4 Å². The van der Waals surface area contributed by atoms with Gasteiger partial charge in [0, 0.05) is 17.1 Å². The van der Waals surface area contributed by atoms with Crippen molar-refractivity contribution in [1.29, 1.82) is 0 Å². The van der Waals surface area contributed by atoms with Gasteiger partial charge in [-0.1, -0.05) is 29.3 Å². The maximum atomic E-state index is 13.3. The summed E-state index contributed by atoms with van der Waals surface area (Å²) in [5, 5.41) is 7.18. The molecule has 2 heterocycles. The van der Waals surface area contributed by atoms with Crippen molar-refractivity contribution in [2.24, 2.45) is 0 Å². The van der Waals surface area contributed by atoms with Crippen LogP contribution in [0.5, 0.6) is 0 Å². The molecule has 0 saturated carbocycles. The Morgan fingerprint density at radius 3 is 2.47 bits per heavy atom. The summed E-state index contributed by atoms with van der Waals surface area (Å²) in [7, 11) is 0. The highest BCUT2D eigenvalue weighted by Crippen LogP contribution is 2.40. The summed E-state index contributed by atoms with van der Waals surface area (Å²) < 4.78 is 24.6. The SMILES string of the molecule is O=C1CCC(=O)OC2(CNCCc3c2ccc(Cl)c3NCc2ccc(F)cc2Cl)O1. The first-order chi connectivity index (χ1) is 14.4. The lowest BCUT2D eigenvalue weighted by molar-refractivity contribution is -0.225. The van der Waals surface area contributed by atoms with Crippen molar-refractivity contribution in [2.75, 3.05) is 18.4 Å². The molecule has 9 heteroatoms. The van der Waals surface area contributed by atoms with Crippen LogP contribution in [0.1, 0.15) is 29.5 Å². The Morgan fingerprint density at radius 1 is 1.03 bits per heavy atom. The summed E-state index contributed by atoms with van der Waals surface area (Å²) in [6.45, 7) is 1.01. The minimum absolute atomic E-state index is 0.0301. The van der Waals surface area contributed by atoms with Crippen LogP contribution in [-0.2, 0) is 37.8 Å². The van der Waals surface area contributed by atoms with Gasteiger partial charge in [-0.25, -0.2) is 4.39 Å². The quantitative estimate of drug-likeness (QED) is 0.687. The van der Waals surface area contributed by atoms with Crippen molar-refractivity contribution in [2.45, 2.75) is 31.6 Å². The number of ether oxygens (including phenoxy) is 2. The number of fused-ring (bicyclic) bond motifs is 2. The molecule has 30 heavy (non-hydrogen) atoms. The summed E-state index contributed by atoms with van der Waals surface area (Å²) >= 11 is 12.6. The maximum absolute atomic E-state index is 13.3. The highest BCUT2D eigenvalue weighted by Gasteiger charge is 2.45. The van der Waals surface area contributed by atoms with Crippen molar-refractivity contribution >= 4 is 40.8 Å². The predicted octanol–water partition coefficient (Wildman–Crippen LogP) is 3.92. The molecule has 0 bridgehead atoms. The van der Waals surface area contributed by atoms with E-state index in [1.807, 2.05) is 0 Å². The molecule has 0 aromatic heterocycles. The molecule has 0 radical (unpaired) electrons. The van der Waals surface area contributed by atoms with Crippen LogP contribution in [0.2, 0.25) is 10.0 Å². The van der Waals surface area contributed by atoms with E-state index in [1.165, 1.54) is 12.1 Å². The Hall–Kier alpha value is -2.35. The second kappa shape index (κ2) is 8.41. The maximum Gasteiger partial charge on any atom is 0.309 e. The van der Waals surface area contributed by atoms with Gasteiger partial charge < -0.3 is 20.1 Å². The van der Waals surface area contributed by atoms with Crippen molar-refractivity contribution < 1.29 is 23.5 Å². The molecule has 2 N–H and O–H groups in total. The number of carbonyl (C=O) groups is 2. The highest BCUT2D eigenvalue weighted by atomic mass is 35.5. The zero-order valence-electron chi connectivity index (χ0n) is 15.9. The monoisotopic (exact) mass is 452 g/mol. The van der Waals surface area contributed by atoms with Gasteiger partial charge in [0.05, 0.1) is 30.1 Å². The second-order valence-corrected chi connectivity index (χ2v) is 7.98. The molecule has 0 atom stereocenters. The van der Waals surface area contributed by atoms with E-state index in [1.54, 1.807) is 18.2 Å². The van der Waals surface area contributed by atoms with Crippen LogP contribution in [0.15, 0.2) is 30.3 Å². The Bertz CT molecular complexity index is 997. The minimum Gasteiger partial charge on any atom is -0.416 e. The number of rotatable bonds is 3. The molecule has 6 nitrogen and oxygen atoms in total. The van der Waals surface area contributed by atoms with Crippen LogP contribution < -0.4 is 10.6 Å². The molecule has 2 aliphatic heterocycles. The molecular formula is C21H19Cl2FN2O4. The van der Waals surface area contributed by atoms with Gasteiger partial charge in [0.1, 0.15) is 5.82 Å². The lowest BCUT2D eigenvalue weighted by Crippen LogP contribution is -2.43. The number of anilines is 1. The number of halogens is 3. The number of hydrogen-bond acceptors (Lipinski definition) is 6. The van der Waals surface area contributed by atoms with Gasteiger partial charge in [-0.05, 0) is 48.4 Å². The normalized spacial score (nSPS) is 18.1. The van der Waals surface area contributed by atoms with E-state index in [2.05, 4.69) is 10.6 Å². The average Bonchev–Trinajstić information content (AvgIpc) is 2.95. The molecule has 1 spiro atoms. The zero-order chi connectivity index (χ0) is 21.3. The number of nitrogens with one attached hydrogen (secondary N) is 2. The van der Waals surface area contributed by atoms with Crippen molar-refractivity contribution in [3.05, 3.63) is 62.9 Å². The lowest BCUT2D eigenvalue weighted by Gasteiger charge is -2.32. The smallest absolute Gasteiger partial charge is 0.309 e. The van der Waals surface area contributed by atoms with Gasteiger partial charge in [-0.2, -0.15) is 0 Å². The van der Waals surface area contributed by atoms with Gasteiger partial charge in [-0.3, -0.25) is 9.59 Å². The standard InChI is InChI=1S/C21H19Cl2FN2O4/c22-16-4-3-15-14(20(16)26-10-12-1-2-13(24)9-17(12)23)7-8-25-11-21(15)29-18(27)5-6-19(28)30-21/h1-4,9,25-26H,5-8,10-11H2. The number of hydrogen-bond donors (Lipinski definition) is 2. The molecule has 2 aromatic rings. The lowest BCUT2D eigenvalue weighted by atomic mass is 9.96. The summed E-state index contributed by atoms with van der Waals surface area (Å²) in [4.78, 5) is 24.4. The van der Waals surface area contributed by atoms with Crippen molar-refractivity contribution in [1.82, 2.24) is 5.32 Å². The van der Waals surface area contributed by atoms with Gasteiger partial charge in [0.2, 0.25) is 0 Å². The second-order valence-electron chi connectivity index (χ2n) is 7.17. The molecule has 4 rings (SSSR count). The first-order valence-corrected chi connectivity index (χ1v) is 10.3. The van der Waals surface area contributed by atoms with E-state index in [9.17, 15) is 14.0 Å². The third kappa shape index (κ3) is 4.10. The van der Waals surface area contributed by atoms with Crippen LogP contribution in [0.25, 0.3) is 0 Å². The van der Waals surface area contributed by atoms with E-state index >= 15 is 0 Å². The third-order valence-corrected chi connectivity index (χ3v) is 5.81. The van der Waals surface area contributed by atoms with E-state index in [4.69, 9.17) is 32.7 Å². The fourth-order valence-electron chi connectivity index (χ4n) is 3.71. The Balaban J connectivity index is 1.73. The largest absolute Gasteiger partial charge is 0.416 e. The van der Waals surface area contributed by atoms with Gasteiger partial charge in [0.25, 0.3) is 5.79 Å². The van der Waals surface area contributed by atoms with E-state index < -0.39 is 23.5 Å². The van der Waals surface area contributed by atoms with E-state index in [0.29, 0.717) is 46.4 Å². The number of esters is 2. The van der Waals surface area contributed by atoms with Crippen LogP contribution in [-0.4, -0.2) is 25.0 Å². The Morgan fingerprint density at radius 2 is 1.77 bits per heavy atom. The Kier molecular flexibility index (Phi) is 5.86. The molecule has 0 unspecified atom stereocenters. The Labute approximate surface area is 182 Å². The number of carbonyl (C=O) groups excluding carboxylic acids is 2. The third-order valence-electron chi connectivity index (χ3n) is 5.14. The molecule has 158 valence electrons. The van der Waals surface area contributed by atoms with Crippen LogP contribution in [0.3, 0.4) is 0 Å². The van der Waals surface area contributed by atoms with Gasteiger partial charge >= 0.3 is 11.9 Å². The first-order valence-electron chi connectivity index (χ1n) is 9.52. The fraction of sp³-hybridized carbons (Fsp3) is 0.333. The predicted molar refractivity (Wildman–Crippen MR) is 110 cm³/mol. The van der Waals surface area contributed by atoms with Crippen LogP contribution in [0.4, 0.5) is 10.1 Å². The molecule has 2 aliphatic rings. The molecular weight excluding hydrogens is 434 g/mol.